The lowest BCUT2D eigenvalue weighted by Gasteiger charge is -2.40. The van der Waals surface area contributed by atoms with E-state index in [0.717, 1.165) is 37.0 Å². The molecule has 0 saturated carbocycles. The van der Waals surface area contributed by atoms with E-state index in [4.69, 9.17) is 4.74 Å². The number of aliphatic hydroxyl groups excluding tert-OH is 1. The molecule has 3 heteroatoms. The summed E-state index contributed by atoms with van der Waals surface area (Å²) < 4.78 is 5.27. The summed E-state index contributed by atoms with van der Waals surface area (Å²) in [5.74, 6) is 0.878. The number of fused-ring (bicyclic) bond motifs is 1. The van der Waals surface area contributed by atoms with Crippen LogP contribution in [0.25, 0.3) is 0 Å². The van der Waals surface area contributed by atoms with E-state index >= 15 is 0 Å². The molecule has 0 amide bonds. The SMILES string of the molecule is CCC(CC)N(C)C1CCc2cc(OC)ccc2C1O. The van der Waals surface area contributed by atoms with Crippen LogP contribution in [0.2, 0.25) is 0 Å². The highest BCUT2D eigenvalue weighted by atomic mass is 16.5. The van der Waals surface area contributed by atoms with E-state index in [9.17, 15) is 5.11 Å². The first-order valence-corrected chi connectivity index (χ1v) is 7.69. The number of hydrogen-bond donors (Lipinski definition) is 1. The van der Waals surface area contributed by atoms with Gasteiger partial charge in [0.2, 0.25) is 0 Å². The lowest BCUT2D eigenvalue weighted by atomic mass is 9.84. The van der Waals surface area contributed by atoms with Crippen LogP contribution < -0.4 is 4.74 Å². The minimum absolute atomic E-state index is 0.223. The molecule has 0 radical (unpaired) electrons. The van der Waals surface area contributed by atoms with Gasteiger partial charge >= 0.3 is 0 Å². The zero-order valence-electron chi connectivity index (χ0n) is 13.1. The Morgan fingerprint density at radius 3 is 2.65 bits per heavy atom. The van der Waals surface area contributed by atoms with Crippen molar-refractivity contribution < 1.29 is 9.84 Å². The lowest BCUT2D eigenvalue weighted by Crippen LogP contribution is -2.45. The minimum atomic E-state index is -0.393. The molecule has 0 aliphatic heterocycles. The van der Waals surface area contributed by atoms with Gasteiger partial charge in [0.1, 0.15) is 5.75 Å². The number of rotatable bonds is 5. The molecule has 1 aliphatic carbocycles. The Labute approximate surface area is 122 Å². The van der Waals surface area contributed by atoms with Gasteiger partial charge in [-0.2, -0.15) is 0 Å². The van der Waals surface area contributed by atoms with Crippen LogP contribution in [-0.4, -0.2) is 36.2 Å². The van der Waals surface area contributed by atoms with Crippen molar-refractivity contribution in [2.45, 2.75) is 57.7 Å². The summed E-state index contributed by atoms with van der Waals surface area (Å²) in [5.41, 5.74) is 2.30. The highest BCUT2D eigenvalue weighted by Crippen LogP contribution is 2.35. The number of likely N-dealkylation sites (N-methyl/N-ethyl adjacent to an activating group) is 1. The van der Waals surface area contributed by atoms with E-state index in [1.807, 2.05) is 12.1 Å². The molecule has 2 unspecified atom stereocenters. The Morgan fingerprint density at radius 2 is 2.05 bits per heavy atom. The number of ether oxygens (including phenoxy) is 1. The molecule has 2 rings (SSSR count). The molecular weight excluding hydrogens is 250 g/mol. The van der Waals surface area contributed by atoms with Gasteiger partial charge in [-0.15, -0.1) is 0 Å². The first-order chi connectivity index (χ1) is 9.62. The number of aryl methyl sites for hydroxylation is 1. The zero-order chi connectivity index (χ0) is 14.7. The molecule has 0 saturated heterocycles. The number of aliphatic hydroxyl groups is 1. The molecule has 20 heavy (non-hydrogen) atoms. The Bertz CT molecular complexity index is 443. The fourth-order valence-electron chi connectivity index (χ4n) is 3.44. The predicted octanol–water partition coefficient (Wildman–Crippen LogP) is 3.16. The molecule has 0 aromatic heterocycles. The summed E-state index contributed by atoms with van der Waals surface area (Å²) in [7, 11) is 3.84. The molecule has 2 atom stereocenters. The van der Waals surface area contributed by atoms with Gasteiger partial charge in [0.25, 0.3) is 0 Å². The van der Waals surface area contributed by atoms with E-state index in [1.165, 1.54) is 5.56 Å². The molecule has 0 fully saturated rings. The first-order valence-electron chi connectivity index (χ1n) is 7.69. The zero-order valence-corrected chi connectivity index (χ0v) is 13.1. The highest BCUT2D eigenvalue weighted by Gasteiger charge is 2.32. The maximum Gasteiger partial charge on any atom is 0.119 e. The molecule has 112 valence electrons. The molecule has 1 aliphatic rings. The number of nitrogens with zero attached hydrogens (tertiary/aromatic N) is 1. The van der Waals surface area contributed by atoms with Crippen molar-refractivity contribution in [2.24, 2.45) is 0 Å². The summed E-state index contributed by atoms with van der Waals surface area (Å²) in [4.78, 5) is 2.37. The van der Waals surface area contributed by atoms with Gasteiger partial charge in [0.05, 0.1) is 13.2 Å². The molecule has 3 nitrogen and oxygen atoms in total. The van der Waals surface area contributed by atoms with Gasteiger partial charge < -0.3 is 9.84 Å². The van der Waals surface area contributed by atoms with Crippen molar-refractivity contribution in [1.82, 2.24) is 4.90 Å². The van der Waals surface area contributed by atoms with Crippen LogP contribution >= 0.6 is 0 Å². The second-order valence-corrected chi connectivity index (χ2v) is 5.75. The van der Waals surface area contributed by atoms with E-state index in [1.54, 1.807) is 7.11 Å². The maximum absolute atomic E-state index is 10.7. The second kappa shape index (κ2) is 6.59. The quantitative estimate of drug-likeness (QED) is 0.897. The maximum atomic E-state index is 10.7. The van der Waals surface area contributed by atoms with Crippen LogP contribution in [0, 0.1) is 0 Å². The Kier molecular flexibility index (Phi) is 5.06. The number of benzene rings is 1. The largest absolute Gasteiger partial charge is 0.497 e. The lowest BCUT2D eigenvalue weighted by molar-refractivity contribution is 0.0258. The summed E-state index contributed by atoms with van der Waals surface area (Å²) >= 11 is 0. The van der Waals surface area contributed by atoms with Crippen LogP contribution in [0.1, 0.15) is 50.3 Å². The van der Waals surface area contributed by atoms with Gasteiger partial charge in [0.15, 0.2) is 0 Å². The van der Waals surface area contributed by atoms with Crippen LogP contribution in [0.3, 0.4) is 0 Å². The normalized spacial score (nSPS) is 22.1. The van der Waals surface area contributed by atoms with Gasteiger partial charge in [-0.1, -0.05) is 19.9 Å². The molecule has 0 bridgehead atoms. The number of methoxy groups -OCH3 is 1. The first kappa shape index (κ1) is 15.3. The topological polar surface area (TPSA) is 32.7 Å². The molecular formula is C17H27NO2. The number of hydrogen-bond acceptors (Lipinski definition) is 3. The third kappa shape index (κ3) is 2.84. The van der Waals surface area contributed by atoms with Crippen molar-refractivity contribution in [1.29, 1.82) is 0 Å². The van der Waals surface area contributed by atoms with Gasteiger partial charge in [-0.25, -0.2) is 0 Å². The van der Waals surface area contributed by atoms with E-state index in [2.05, 4.69) is 31.9 Å². The third-order valence-corrected chi connectivity index (χ3v) is 4.78. The Balaban J connectivity index is 2.21. The summed E-state index contributed by atoms with van der Waals surface area (Å²) in [5, 5.41) is 10.7. The summed E-state index contributed by atoms with van der Waals surface area (Å²) in [6.45, 7) is 4.44. The molecule has 1 aromatic rings. The summed E-state index contributed by atoms with van der Waals surface area (Å²) in [6.07, 6.45) is 3.89. The monoisotopic (exact) mass is 277 g/mol. The van der Waals surface area contributed by atoms with Gasteiger partial charge in [0, 0.05) is 12.1 Å². The fraction of sp³-hybridized carbons (Fsp3) is 0.647. The average molecular weight is 277 g/mol. The molecule has 0 heterocycles. The second-order valence-electron chi connectivity index (χ2n) is 5.75. The summed E-state index contributed by atoms with van der Waals surface area (Å²) in [6, 6.07) is 6.80. The Morgan fingerprint density at radius 1 is 1.35 bits per heavy atom. The Hall–Kier alpha value is -1.06. The molecule has 1 N–H and O–H groups in total. The standard InChI is InChI=1S/C17H27NO2/c1-5-13(6-2)18(3)16-10-7-12-11-14(20-4)8-9-15(12)17(16)19/h8-9,11,13,16-17,19H,5-7,10H2,1-4H3. The van der Waals surface area contributed by atoms with E-state index in [-0.39, 0.29) is 6.04 Å². The van der Waals surface area contributed by atoms with Crippen molar-refractivity contribution in [3.63, 3.8) is 0 Å². The molecule has 1 aromatic carbocycles. The average Bonchev–Trinajstić information content (AvgIpc) is 2.48. The van der Waals surface area contributed by atoms with Gasteiger partial charge in [-0.05, 0) is 56.0 Å². The highest BCUT2D eigenvalue weighted by molar-refractivity contribution is 5.39. The van der Waals surface area contributed by atoms with Gasteiger partial charge in [-0.3, -0.25) is 4.90 Å². The molecule has 0 spiro atoms. The third-order valence-electron chi connectivity index (χ3n) is 4.78. The van der Waals surface area contributed by atoms with Crippen molar-refractivity contribution in [3.8, 4) is 5.75 Å². The van der Waals surface area contributed by atoms with E-state index < -0.39 is 6.10 Å². The fourth-order valence-corrected chi connectivity index (χ4v) is 3.44. The smallest absolute Gasteiger partial charge is 0.119 e. The van der Waals surface area contributed by atoms with Crippen molar-refractivity contribution >= 4 is 0 Å². The van der Waals surface area contributed by atoms with Crippen LogP contribution in [0.5, 0.6) is 5.75 Å². The van der Waals surface area contributed by atoms with Crippen LogP contribution in [0.15, 0.2) is 18.2 Å². The van der Waals surface area contributed by atoms with Crippen molar-refractivity contribution in [2.75, 3.05) is 14.2 Å². The van der Waals surface area contributed by atoms with Crippen molar-refractivity contribution in [3.05, 3.63) is 29.3 Å². The minimum Gasteiger partial charge on any atom is -0.497 e. The van der Waals surface area contributed by atoms with E-state index in [0.29, 0.717) is 6.04 Å². The van der Waals surface area contributed by atoms with Crippen LogP contribution in [0.4, 0.5) is 0 Å². The predicted molar refractivity (Wildman–Crippen MR) is 82.2 cm³/mol. The van der Waals surface area contributed by atoms with Crippen LogP contribution in [-0.2, 0) is 6.42 Å².